The van der Waals surface area contributed by atoms with E-state index >= 15 is 0 Å². The first-order chi connectivity index (χ1) is 7.72. The van der Waals surface area contributed by atoms with Gasteiger partial charge in [-0.2, -0.15) is 0 Å². The van der Waals surface area contributed by atoms with E-state index in [9.17, 15) is 13.6 Å². The van der Waals surface area contributed by atoms with Crippen LogP contribution in [-0.4, -0.2) is 16.3 Å². The van der Waals surface area contributed by atoms with Gasteiger partial charge in [0, 0.05) is 22.0 Å². The Labute approximate surface area is 108 Å². The Morgan fingerprint density at radius 3 is 2.18 bits per heavy atom. The van der Waals surface area contributed by atoms with Crippen molar-refractivity contribution in [1.82, 2.24) is 5.32 Å². The van der Waals surface area contributed by atoms with Crippen LogP contribution in [0.15, 0.2) is 18.2 Å². The van der Waals surface area contributed by atoms with E-state index in [-0.39, 0.29) is 10.4 Å². The minimum absolute atomic E-state index is 0.0243. The van der Waals surface area contributed by atoms with Gasteiger partial charge in [0.05, 0.1) is 0 Å². The van der Waals surface area contributed by atoms with Crippen molar-refractivity contribution in [3.63, 3.8) is 0 Å². The van der Waals surface area contributed by atoms with Crippen LogP contribution in [0.4, 0.5) is 8.78 Å². The highest BCUT2D eigenvalue weighted by Crippen LogP contribution is 2.18. The summed E-state index contributed by atoms with van der Waals surface area (Å²) in [7, 11) is 0. The lowest BCUT2D eigenvalue weighted by atomic mass is 10.0. The third kappa shape index (κ3) is 3.77. The highest BCUT2D eigenvalue weighted by molar-refractivity contribution is 9.09. The van der Waals surface area contributed by atoms with E-state index in [1.807, 2.05) is 20.8 Å². The molecule has 0 heterocycles. The molecule has 0 bridgehead atoms. The fraction of sp³-hybridized carbons (Fsp3) is 0.417. The largest absolute Gasteiger partial charge is 0.346 e. The molecule has 1 atom stereocenters. The van der Waals surface area contributed by atoms with Gasteiger partial charge < -0.3 is 5.32 Å². The van der Waals surface area contributed by atoms with Crippen LogP contribution in [0.3, 0.4) is 0 Å². The number of carbonyl (C=O) groups is 1. The predicted octanol–water partition coefficient (Wildman–Crippen LogP) is 3.26. The van der Waals surface area contributed by atoms with E-state index in [1.54, 1.807) is 0 Å². The molecular weight excluding hydrogens is 292 g/mol. The molecule has 1 amide bonds. The fourth-order valence-electron chi connectivity index (χ4n) is 1.15. The molecule has 0 aromatic heterocycles. The molecule has 2 nitrogen and oxygen atoms in total. The van der Waals surface area contributed by atoms with Crippen molar-refractivity contribution in [2.75, 3.05) is 0 Å². The number of alkyl halides is 1. The maximum Gasteiger partial charge on any atom is 0.251 e. The summed E-state index contributed by atoms with van der Waals surface area (Å²) in [5, 5.41) is 2.71. The number of benzene rings is 1. The number of halogens is 3. The first kappa shape index (κ1) is 14.1. The van der Waals surface area contributed by atoms with Crippen molar-refractivity contribution >= 4 is 21.8 Å². The minimum Gasteiger partial charge on any atom is -0.346 e. The van der Waals surface area contributed by atoms with Crippen molar-refractivity contribution in [3.8, 4) is 0 Å². The standard InChI is InChI=1S/C12H14BrF2NO/c1-7(13)12(2,3)16-11(17)8-4-9(14)6-10(15)5-8/h4-7H,1-3H3,(H,16,17). The van der Waals surface area contributed by atoms with Gasteiger partial charge in [0.25, 0.3) is 5.91 Å². The molecule has 94 valence electrons. The number of hydrogen-bond acceptors (Lipinski definition) is 1. The summed E-state index contributed by atoms with van der Waals surface area (Å²) in [4.78, 5) is 11.8. The number of carbonyl (C=O) groups excluding carboxylic acids is 1. The van der Waals surface area contributed by atoms with Crippen molar-refractivity contribution in [1.29, 1.82) is 0 Å². The van der Waals surface area contributed by atoms with Crippen molar-refractivity contribution in [2.24, 2.45) is 0 Å². The third-order valence-electron chi connectivity index (χ3n) is 2.55. The number of rotatable bonds is 3. The normalized spacial score (nSPS) is 13.3. The first-order valence-corrected chi connectivity index (χ1v) is 6.06. The van der Waals surface area contributed by atoms with E-state index in [0.717, 1.165) is 18.2 Å². The molecule has 0 aliphatic carbocycles. The molecule has 1 aromatic rings. The third-order valence-corrected chi connectivity index (χ3v) is 3.70. The second kappa shape index (κ2) is 5.12. The fourth-order valence-corrected chi connectivity index (χ4v) is 1.26. The van der Waals surface area contributed by atoms with Gasteiger partial charge in [-0.25, -0.2) is 8.78 Å². The number of amides is 1. The maximum atomic E-state index is 13.0. The highest BCUT2D eigenvalue weighted by Gasteiger charge is 2.26. The van der Waals surface area contributed by atoms with Crippen LogP contribution in [0, 0.1) is 11.6 Å². The van der Waals surface area contributed by atoms with Crippen LogP contribution in [0.2, 0.25) is 0 Å². The van der Waals surface area contributed by atoms with Gasteiger partial charge in [0.15, 0.2) is 0 Å². The molecular formula is C12H14BrF2NO. The van der Waals surface area contributed by atoms with Gasteiger partial charge in [-0.3, -0.25) is 4.79 Å². The molecule has 1 aromatic carbocycles. The lowest BCUT2D eigenvalue weighted by Gasteiger charge is -2.29. The summed E-state index contributed by atoms with van der Waals surface area (Å²) >= 11 is 3.36. The lowest BCUT2D eigenvalue weighted by molar-refractivity contribution is 0.0913. The SMILES string of the molecule is CC(Br)C(C)(C)NC(=O)c1cc(F)cc(F)c1. The average molecular weight is 306 g/mol. The Kier molecular flexibility index (Phi) is 4.25. The Bertz CT molecular complexity index is 412. The van der Waals surface area contributed by atoms with Crippen molar-refractivity contribution < 1.29 is 13.6 Å². The molecule has 0 radical (unpaired) electrons. The first-order valence-electron chi connectivity index (χ1n) is 5.15. The molecule has 0 aliphatic heterocycles. The number of nitrogens with one attached hydrogen (secondary N) is 1. The Morgan fingerprint density at radius 1 is 1.29 bits per heavy atom. The molecule has 0 spiro atoms. The predicted molar refractivity (Wildman–Crippen MR) is 66.3 cm³/mol. The molecule has 17 heavy (non-hydrogen) atoms. The van der Waals surface area contributed by atoms with Crippen molar-refractivity contribution in [3.05, 3.63) is 35.4 Å². The van der Waals surface area contributed by atoms with Gasteiger partial charge in [-0.05, 0) is 26.0 Å². The zero-order valence-electron chi connectivity index (χ0n) is 9.85. The molecule has 0 saturated carbocycles. The van der Waals surface area contributed by atoms with E-state index < -0.39 is 23.1 Å². The summed E-state index contributed by atoms with van der Waals surface area (Å²) in [6.45, 7) is 5.52. The Hall–Kier alpha value is -0.970. The van der Waals surface area contributed by atoms with Gasteiger partial charge in [-0.1, -0.05) is 22.9 Å². The van der Waals surface area contributed by atoms with E-state index in [1.165, 1.54) is 0 Å². The Balaban J connectivity index is 2.91. The topological polar surface area (TPSA) is 29.1 Å². The zero-order chi connectivity index (χ0) is 13.2. The van der Waals surface area contributed by atoms with E-state index in [0.29, 0.717) is 0 Å². The molecule has 5 heteroatoms. The summed E-state index contributed by atoms with van der Waals surface area (Å²) in [6, 6.07) is 2.75. The molecule has 0 aliphatic rings. The van der Waals surface area contributed by atoms with E-state index in [4.69, 9.17) is 0 Å². The smallest absolute Gasteiger partial charge is 0.251 e. The van der Waals surface area contributed by atoms with Crippen LogP contribution in [0.1, 0.15) is 31.1 Å². The van der Waals surface area contributed by atoms with Gasteiger partial charge in [-0.15, -0.1) is 0 Å². The minimum atomic E-state index is -0.764. The monoisotopic (exact) mass is 305 g/mol. The summed E-state index contributed by atoms with van der Waals surface area (Å²) in [6.07, 6.45) is 0. The quantitative estimate of drug-likeness (QED) is 0.853. The Morgan fingerprint density at radius 2 is 1.76 bits per heavy atom. The molecule has 1 unspecified atom stereocenters. The van der Waals surface area contributed by atoms with E-state index in [2.05, 4.69) is 21.2 Å². The van der Waals surface area contributed by atoms with Crippen molar-refractivity contribution in [2.45, 2.75) is 31.1 Å². The lowest BCUT2D eigenvalue weighted by Crippen LogP contribution is -2.48. The van der Waals surface area contributed by atoms with Gasteiger partial charge >= 0.3 is 0 Å². The van der Waals surface area contributed by atoms with Crippen LogP contribution >= 0.6 is 15.9 Å². The second-order valence-corrected chi connectivity index (χ2v) is 5.82. The summed E-state index contributed by atoms with van der Waals surface area (Å²) in [5.41, 5.74) is -0.538. The molecule has 0 fully saturated rings. The number of hydrogen-bond donors (Lipinski definition) is 1. The summed E-state index contributed by atoms with van der Waals surface area (Å²) < 4.78 is 25.9. The average Bonchev–Trinajstić information content (AvgIpc) is 2.15. The van der Waals surface area contributed by atoms with Crippen LogP contribution in [0.25, 0.3) is 0 Å². The van der Waals surface area contributed by atoms with Crippen LogP contribution in [0.5, 0.6) is 0 Å². The van der Waals surface area contributed by atoms with Gasteiger partial charge in [0.2, 0.25) is 0 Å². The second-order valence-electron chi connectivity index (χ2n) is 4.45. The molecule has 1 N–H and O–H groups in total. The zero-order valence-corrected chi connectivity index (χ0v) is 11.4. The summed E-state index contributed by atoms with van der Waals surface area (Å²) in [5.74, 6) is -2.03. The molecule has 1 rings (SSSR count). The van der Waals surface area contributed by atoms with Gasteiger partial charge in [0.1, 0.15) is 11.6 Å². The van der Waals surface area contributed by atoms with Crippen LogP contribution < -0.4 is 5.32 Å². The molecule has 0 saturated heterocycles. The van der Waals surface area contributed by atoms with Crippen LogP contribution in [-0.2, 0) is 0 Å². The highest BCUT2D eigenvalue weighted by atomic mass is 79.9. The maximum absolute atomic E-state index is 13.0.